The Hall–Kier alpha value is -5.01. The SMILES string of the molecule is CCC1(CCN(C(=O)c2ccc(NC(=O)c3ccccc3-c3ccccc3)cc2)c2ccccc2C)C=C(C(=O)NCCN(C)C)CC1. The molecule has 0 radical (unpaired) electrons. The molecule has 0 spiro atoms. The molecule has 0 bridgehead atoms. The zero-order valence-corrected chi connectivity index (χ0v) is 28.5. The Labute approximate surface area is 284 Å². The number of para-hydroxylation sites is 1. The van der Waals surface area contributed by atoms with Gasteiger partial charge in [0.05, 0.1) is 0 Å². The molecule has 1 aliphatic carbocycles. The Bertz CT molecular complexity index is 1760. The minimum absolute atomic E-state index is 0.00902. The Balaban J connectivity index is 1.31. The maximum atomic E-state index is 14.2. The average molecular weight is 643 g/mol. The van der Waals surface area contributed by atoms with Gasteiger partial charge in [-0.15, -0.1) is 0 Å². The van der Waals surface area contributed by atoms with Crippen molar-refractivity contribution >= 4 is 29.1 Å². The van der Waals surface area contributed by atoms with Gasteiger partial charge < -0.3 is 20.4 Å². The van der Waals surface area contributed by atoms with Crippen LogP contribution in [0.4, 0.5) is 11.4 Å². The smallest absolute Gasteiger partial charge is 0.258 e. The van der Waals surface area contributed by atoms with E-state index >= 15 is 0 Å². The summed E-state index contributed by atoms with van der Waals surface area (Å²) >= 11 is 0. The van der Waals surface area contributed by atoms with Crippen molar-refractivity contribution in [2.24, 2.45) is 5.41 Å². The summed E-state index contributed by atoms with van der Waals surface area (Å²) in [5.74, 6) is -0.309. The molecule has 4 aromatic rings. The van der Waals surface area contributed by atoms with Gasteiger partial charge >= 0.3 is 0 Å². The maximum Gasteiger partial charge on any atom is 0.258 e. The average Bonchev–Trinajstić information content (AvgIpc) is 3.54. The lowest BCUT2D eigenvalue weighted by atomic mass is 9.81. The first-order valence-corrected chi connectivity index (χ1v) is 16.8. The van der Waals surface area contributed by atoms with Crippen LogP contribution in [0.15, 0.2) is 115 Å². The number of amides is 3. The quantitative estimate of drug-likeness (QED) is 0.156. The lowest BCUT2D eigenvalue weighted by Gasteiger charge is -2.31. The number of anilines is 2. The van der Waals surface area contributed by atoms with E-state index < -0.39 is 0 Å². The van der Waals surface area contributed by atoms with Crippen LogP contribution >= 0.6 is 0 Å². The van der Waals surface area contributed by atoms with Crippen LogP contribution in [0.25, 0.3) is 11.1 Å². The number of aryl methyl sites for hydroxylation is 1. The van der Waals surface area contributed by atoms with E-state index in [2.05, 4.69) is 23.6 Å². The molecule has 0 aliphatic heterocycles. The van der Waals surface area contributed by atoms with Crippen LogP contribution in [0.2, 0.25) is 0 Å². The van der Waals surface area contributed by atoms with E-state index in [1.807, 2.05) is 110 Å². The highest BCUT2D eigenvalue weighted by Gasteiger charge is 2.34. The number of benzene rings is 4. The number of hydrogen-bond acceptors (Lipinski definition) is 4. The topological polar surface area (TPSA) is 81.8 Å². The zero-order chi connectivity index (χ0) is 34.1. The van der Waals surface area contributed by atoms with Crippen molar-refractivity contribution in [3.63, 3.8) is 0 Å². The zero-order valence-electron chi connectivity index (χ0n) is 28.5. The number of carbonyl (C=O) groups is 3. The summed E-state index contributed by atoms with van der Waals surface area (Å²) in [6.07, 6.45) is 5.42. The molecule has 7 heteroatoms. The minimum Gasteiger partial charge on any atom is -0.351 e. The molecule has 0 saturated carbocycles. The Kier molecular flexibility index (Phi) is 11.2. The van der Waals surface area contributed by atoms with Crippen LogP contribution in [-0.4, -0.2) is 56.4 Å². The summed E-state index contributed by atoms with van der Waals surface area (Å²) in [6.45, 7) is 6.10. The molecule has 0 saturated heterocycles. The molecule has 1 atom stereocenters. The van der Waals surface area contributed by atoms with Gasteiger partial charge in [0.2, 0.25) is 5.91 Å². The van der Waals surface area contributed by atoms with Gasteiger partial charge in [0.25, 0.3) is 11.8 Å². The molecule has 0 aromatic heterocycles. The molecule has 48 heavy (non-hydrogen) atoms. The third-order valence-electron chi connectivity index (χ3n) is 9.34. The number of carbonyl (C=O) groups excluding carboxylic acids is 3. The Morgan fingerprint density at radius 2 is 1.48 bits per heavy atom. The number of hydrogen-bond donors (Lipinski definition) is 2. The van der Waals surface area contributed by atoms with Gasteiger partial charge in [-0.2, -0.15) is 0 Å². The minimum atomic E-state index is -0.213. The normalized spacial score (nSPS) is 15.6. The predicted molar refractivity (Wildman–Crippen MR) is 195 cm³/mol. The molecule has 2 N–H and O–H groups in total. The van der Waals surface area contributed by atoms with Crippen molar-refractivity contribution < 1.29 is 14.4 Å². The molecular formula is C41H46N4O3. The third-order valence-corrected chi connectivity index (χ3v) is 9.34. The molecule has 5 rings (SSSR count). The second-order valence-electron chi connectivity index (χ2n) is 12.9. The van der Waals surface area contributed by atoms with Gasteiger partial charge in [-0.05, 0) is 105 Å². The molecule has 0 fully saturated rings. The van der Waals surface area contributed by atoms with E-state index in [1.54, 1.807) is 24.3 Å². The third kappa shape index (κ3) is 8.28. The van der Waals surface area contributed by atoms with Crippen molar-refractivity contribution in [3.05, 3.63) is 131 Å². The predicted octanol–water partition coefficient (Wildman–Crippen LogP) is 7.75. The monoisotopic (exact) mass is 642 g/mol. The van der Waals surface area contributed by atoms with Crippen LogP contribution < -0.4 is 15.5 Å². The van der Waals surface area contributed by atoms with Gasteiger partial charge in [0.15, 0.2) is 0 Å². The van der Waals surface area contributed by atoms with Gasteiger partial charge in [-0.25, -0.2) is 0 Å². The molecule has 248 valence electrons. The van der Waals surface area contributed by atoms with Crippen molar-refractivity contribution in [2.75, 3.05) is 43.9 Å². The number of nitrogens with one attached hydrogen (secondary N) is 2. The van der Waals surface area contributed by atoms with Crippen molar-refractivity contribution in [3.8, 4) is 11.1 Å². The van der Waals surface area contributed by atoms with E-state index in [9.17, 15) is 14.4 Å². The van der Waals surface area contributed by atoms with Gasteiger partial charge in [-0.3, -0.25) is 14.4 Å². The van der Waals surface area contributed by atoms with Gasteiger partial charge in [0, 0.05) is 47.7 Å². The van der Waals surface area contributed by atoms with Crippen LogP contribution in [0.3, 0.4) is 0 Å². The second kappa shape index (κ2) is 15.7. The summed E-state index contributed by atoms with van der Waals surface area (Å²) in [4.78, 5) is 44.3. The molecule has 3 amide bonds. The molecule has 1 aliphatic rings. The Morgan fingerprint density at radius 3 is 2.19 bits per heavy atom. The number of nitrogens with zero attached hydrogens (tertiary/aromatic N) is 2. The second-order valence-corrected chi connectivity index (χ2v) is 12.9. The number of likely N-dealkylation sites (N-methyl/N-ethyl adjacent to an activating group) is 1. The first-order chi connectivity index (χ1) is 23.2. The summed E-state index contributed by atoms with van der Waals surface area (Å²) in [5.41, 5.74) is 6.12. The lowest BCUT2D eigenvalue weighted by molar-refractivity contribution is -0.117. The van der Waals surface area contributed by atoms with Crippen LogP contribution in [0.1, 0.15) is 58.9 Å². The number of rotatable bonds is 13. The summed E-state index contributed by atoms with van der Waals surface area (Å²) in [6, 6.07) is 32.4. The highest BCUT2D eigenvalue weighted by atomic mass is 16.2. The number of allylic oxidation sites excluding steroid dienone is 1. The molecule has 7 nitrogen and oxygen atoms in total. The Morgan fingerprint density at radius 1 is 0.792 bits per heavy atom. The summed E-state index contributed by atoms with van der Waals surface area (Å²) in [5, 5.41) is 6.06. The standard InChI is InChI=1S/C41H46N4O3/c1-5-41(24-23-33(29-41)38(46)42-26-28-44(3)4)25-27-45(37-18-12-9-13-30(37)2)40(48)32-19-21-34(22-20-32)43-39(47)36-17-11-10-16-35(36)31-14-7-6-8-15-31/h6-22,29H,5,23-28H2,1-4H3,(H,42,46)(H,43,47). The highest BCUT2D eigenvalue weighted by molar-refractivity contribution is 6.09. The summed E-state index contributed by atoms with van der Waals surface area (Å²) in [7, 11) is 3.98. The van der Waals surface area contributed by atoms with Gasteiger partial charge in [0.1, 0.15) is 0 Å². The first kappa shape index (κ1) is 34.3. The molecule has 1 unspecified atom stereocenters. The van der Waals surface area contributed by atoms with E-state index in [1.165, 1.54) is 0 Å². The summed E-state index contributed by atoms with van der Waals surface area (Å²) < 4.78 is 0. The first-order valence-electron chi connectivity index (χ1n) is 16.8. The highest BCUT2D eigenvalue weighted by Crippen LogP contribution is 2.42. The lowest BCUT2D eigenvalue weighted by Crippen LogP contribution is -2.35. The molecule has 4 aromatic carbocycles. The van der Waals surface area contributed by atoms with Crippen LogP contribution in [-0.2, 0) is 4.79 Å². The molecule has 0 heterocycles. The fourth-order valence-corrected chi connectivity index (χ4v) is 6.37. The maximum absolute atomic E-state index is 14.2. The van der Waals surface area contributed by atoms with Crippen LogP contribution in [0.5, 0.6) is 0 Å². The van der Waals surface area contributed by atoms with Crippen molar-refractivity contribution in [1.29, 1.82) is 0 Å². The molecular weight excluding hydrogens is 596 g/mol. The van der Waals surface area contributed by atoms with Crippen molar-refractivity contribution in [1.82, 2.24) is 10.2 Å². The van der Waals surface area contributed by atoms with Crippen molar-refractivity contribution in [2.45, 2.75) is 39.5 Å². The van der Waals surface area contributed by atoms with E-state index in [0.29, 0.717) is 29.9 Å². The fraction of sp³-hybridized carbons (Fsp3) is 0.293. The largest absolute Gasteiger partial charge is 0.351 e. The fourth-order valence-electron chi connectivity index (χ4n) is 6.37. The van der Waals surface area contributed by atoms with E-state index in [-0.39, 0.29) is 23.1 Å². The van der Waals surface area contributed by atoms with E-state index in [4.69, 9.17) is 0 Å². The van der Waals surface area contributed by atoms with Crippen LogP contribution in [0, 0.1) is 12.3 Å². The van der Waals surface area contributed by atoms with E-state index in [0.717, 1.165) is 60.2 Å². The van der Waals surface area contributed by atoms with Gasteiger partial charge in [-0.1, -0.05) is 79.7 Å².